The molecule has 1 heterocycles. The van der Waals surface area contributed by atoms with Crippen molar-refractivity contribution in [2.75, 3.05) is 0 Å². The fourth-order valence-corrected chi connectivity index (χ4v) is 3.29. The molecule has 1 aliphatic carbocycles. The number of hydrogen-bond acceptors (Lipinski definition) is 6. The van der Waals surface area contributed by atoms with Crippen LogP contribution in [0.15, 0.2) is 29.8 Å². The largest absolute Gasteiger partial charge is 0.507 e. The molecule has 0 fully saturated rings. The molecule has 3 aromatic rings. The second-order valence-corrected chi connectivity index (χ2v) is 5.62. The molecule has 2 N–H and O–H groups in total. The monoisotopic (exact) mass is 297 g/mol. The fourth-order valence-electron chi connectivity index (χ4n) is 2.59. The van der Waals surface area contributed by atoms with Gasteiger partial charge in [-0.3, -0.25) is 9.59 Å². The van der Waals surface area contributed by atoms with Gasteiger partial charge in [0.25, 0.3) is 0 Å². The molecule has 102 valence electrons. The fraction of sp³-hybridized carbons (Fsp3) is 0. The molecule has 0 unspecified atom stereocenters. The normalized spacial score (nSPS) is 13.3. The molecule has 0 aliphatic heterocycles. The van der Waals surface area contributed by atoms with Gasteiger partial charge in [0.05, 0.1) is 26.9 Å². The van der Waals surface area contributed by atoms with Crippen molar-refractivity contribution in [1.82, 2.24) is 4.98 Å². The number of carbonyl (C=O) groups is 2. The molecular formula is C15H7NO4S. The zero-order valence-corrected chi connectivity index (χ0v) is 11.3. The Morgan fingerprint density at radius 2 is 1.48 bits per heavy atom. The Labute approximate surface area is 122 Å². The number of aromatic nitrogens is 1. The Kier molecular flexibility index (Phi) is 2.23. The lowest BCUT2D eigenvalue weighted by atomic mass is 9.83. The van der Waals surface area contributed by atoms with E-state index in [4.69, 9.17) is 0 Å². The van der Waals surface area contributed by atoms with Crippen molar-refractivity contribution in [1.29, 1.82) is 0 Å². The van der Waals surface area contributed by atoms with Crippen LogP contribution in [0.3, 0.4) is 0 Å². The molecule has 0 atom stereocenters. The molecule has 1 aromatic heterocycles. The molecule has 0 amide bonds. The van der Waals surface area contributed by atoms with Gasteiger partial charge in [-0.2, -0.15) is 0 Å². The molecular weight excluding hydrogens is 290 g/mol. The number of hydrogen-bond donors (Lipinski definition) is 2. The quantitative estimate of drug-likeness (QED) is 0.487. The van der Waals surface area contributed by atoms with Gasteiger partial charge in [-0.25, -0.2) is 4.98 Å². The van der Waals surface area contributed by atoms with Gasteiger partial charge in [-0.1, -0.05) is 0 Å². The lowest BCUT2D eigenvalue weighted by molar-refractivity contribution is 0.0974. The van der Waals surface area contributed by atoms with E-state index >= 15 is 0 Å². The first-order valence-corrected chi connectivity index (χ1v) is 6.97. The Balaban J connectivity index is 2.11. The van der Waals surface area contributed by atoms with Crippen LogP contribution in [-0.4, -0.2) is 26.8 Å². The molecule has 1 aliphatic rings. The van der Waals surface area contributed by atoms with Crippen molar-refractivity contribution in [3.8, 4) is 11.5 Å². The van der Waals surface area contributed by atoms with Gasteiger partial charge in [0.15, 0.2) is 11.6 Å². The van der Waals surface area contributed by atoms with Crippen molar-refractivity contribution in [3.05, 3.63) is 52.0 Å². The lowest BCUT2D eigenvalue weighted by Gasteiger charge is -2.19. The summed E-state index contributed by atoms with van der Waals surface area (Å²) in [7, 11) is 0. The van der Waals surface area contributed by atoms with E-state index in [-0.39, 0.29) is 33.8 Å². The first kappa shape index (κ1) is 12.0. The van der Waals surface area contributed by atoms with Crippen molar-refractivity contribution in [2.24, 2.45) is 0 Å². The lowest BCUT2D eigenvalue weighted by Crippen LogP contribution is -2.21. The van der Waals surface area contributed by atoms with Crippen LogP contribution in [0.25, 0.3) is 10.2 Å². The maximum absolute atomic E-state index is 12.6. The van der Waals surface area contributed by atoms with Crippen molar-refractivity contribution in [3.63, 3.8) is 0 Å². The topological polar surface area (TPSA) is 87.5 Å². The predicted molar refractivity (Wildman–Crippen MR) is 76.3 cm³/mol. The molecule has 2 aromatic carbocycles. The highest BCUT2D eigenvalue weighted by atomic mass is 32.1. The van der Waals surface area contributed by atoms with E-state index in [1.807, 2.05) is 0 Å². The van der Waals surface area contributed by atoms with Crippen LogP contribution in [-0.2, 0) is 0 Å². The van der Waals surface area contributed by atoms with Gasteiger partial charge < -0.3 is 10.2 Å². The third-order valence-corrected chi connectivity index (χ3v) is 4.37. The number of ketones is 2. The number of phenolic OH excluding ortho intramolecular Hbond substituents is 2. The highest BCUT2D eigenvalue weighted by molar-refractivity contribution is 7.16. The zero-order valence-electron chi connectivity index (χ0n) is 10.5. The van der Waals surface area contributed by atoms with Gasteiger partial charge in [-0.05, 0) is 24.3 Å². The van der Waals surface area contributed by atoms with E-state index in [0.29, 0.717) is 5.52 Å². The summed E-state index contributed by atoms with van der Waals surface area (Å²) < 4.78 is 0.790. The number of phenols is 2. The smallest absolute Gasteiger partial charge is 0.198 e. The summed E-state index contributed by atoms with van der Waals surface area (Å²) in [6.45, 7) is 0. The van der Waals surface area contributed by atoms with E-state index in [0.717, 1.165) is 4.70 Å². The molecule has 0 bridgehead atoms. The standard InChI is InChI=1S/C15H7NO4S/c17-9-1-2-10(18)13-12(9)14(19)6-3-8-11(21-5-16-8)4-7(6)15(13)20/h1-5,17-18H. The summed E-state index contributed by atoms with van der Waals surface area (Å²) in [4.78, 5) is 29.2. The van der Waals surface area contributed by atoms with Crippen LogP contribution >= 0.6 is 11.3 Å². The summed E-state index contributed by atoms with van der Waals surface area (Å²) in [5, 5.41) is 19.7. The molecule has 0 radical (unpaired) electrons. The summed E-state index contributed by atoms with van der Waals surface area (Å²) >= 11 is 1.37. The summed E-state index contributed by atoms with van der Waals surface area (Å²) in [6.07, 6.45) is 0. The molecule has 0 saturated heterocycles. The third kappa shape index (κ3) is 1.47. The third-order valence-electron chi connectivity index (χ3n) is 3.58. The average Bonchev–Trinajstić information content (AvgIpc) is 2.93. The minimum atomic E-state index is -0.483. The molecule has 4 rings (SSSR count). The Hall–Kier alpha value is -2.73. The Bertz CT molecular complexity index is 883. The van der Waals surface area contributed by atoms with Gasteiger partial charge in [0.1, 0.15) is 11.5 Å². The number of rotatable bonds is 0. The maximum atomic E-state index is 12.6. The van der Waals surface area contributed by atoms with Crippen LogP contribution in [0.4, 0.5) is 0 Å². The molecule has 0 saturated carbocycles. The SMILES string of the molecule is O=C1c2cc3ncsc3cc2C(=O)c2c(O)ccc(O)c21. The van der Waals surface area contributed by atoms with Crippen LogP contribution in [0.1, 0.15) is 31.8 Å². The van der Waals surface area contributed by atoms with Crippen molar-refractivity contribution in [2.45, 2.75) is 0 Å². The van der Waals surface area contributed by atoms with E-state index in [9.17, 15) is 19.8 Å². The van der Waals surface area contributed by atoms with E-state index in [2.05, 4.69) is 4.98 Å². The Morgan fingerprint density at radius 1 is 0.905 bits per heavy atom. The summed E-state index contributed by atoms with van der Waals surface area (Å²) in [6, 6.07) is 5.56. The van der Waals surface area contributed by atoms with Crippen LogP contribution in [0.5, 0.6) is 11.5 Å². The number of fused-ring (bicyclic) bond motifs is 3. The highest BCUT2D eigenvalue weighted by Crippen LogP contribution is 2.38. The second kappa shape index (κ2) is 3.89. The highest BCUT2D eigenvalue weighted by Gasteiger charge is 2.34. The Morgan fingerprint density at radius 3 is 2.10 bits per heavy atom. The first-order chi connectivity index (χ1) is 10.1. The molecule has 6 heteroatoms. The van der Waals surface area contributed by atoms with Gasteiger partial charge in [-0.15, -0.1) is 11.3 Å². The minimum absolute atomic E-state index is 0.142. The zero-order chi connectivity index (χ0) is 14.7. The number of thiazole rings is 1. The first-order valence-electron chi connectivity index (χ1n) is 6.09. The molecule has 5 nitrogen and oxygen atoms in total. The number of benzene rings is 2. The van der Waals surface area contributed by atoms with E-state index in [1.54, 1.807) is 17.6 Å². The minimum Gasteiger partial charge on any atom is -0.507 e. The summed E-state index contributed by atoms with van der Waals surface area (Å²) in [5.41, 5.74) is 2.39. The summed E-state index contributed by atoms with van der Waals surface area (Å²) in [5.74, 6) is -1.58. The molecule has 0 spiro atoms. The van der Waals surface area contributed by atoms with E-state index in [1.165, 1.54) is 23.5 Å². The van der Waals surface area contributed by atoms with Crippen molar-refractivity contribution < 1.29 is 19.8 Å². The van der Waals surface area contributed by atoms with Gasteiger partial charge in [0, 0.05) is 11.1 Å². The second-order valence-electron chi connectivity index (χ2n) is 4.73. The predicted octanol–water partition coefficient (Wildman–Crippen LogP) is 2.48. The maximum Gasteiger partial charge on any atom is 0.198 e. The number of carbonyl (C=O) groups excluding carboxylic acids is 2. The number of nitrogens with zero attached hydrogens (tertiary/aromatic N) is 1. The van der Waals surface area contributed by atoms with Gasteiger partial charge in [0.2, 0.25) is 0 Å². The van der Waals surface area contributed by atoms with E-state index < -0.39 is 11.6 Å². The van der Waals surface area contributed by atoms with Crippen molar-refractivity contribution >= 4 is 33.1 Å². The van der Waals surface area contributed by atoms with Crippen LogP contribution in [0.2, 0.25) is 0 Å². The molecule has 21 heavy (non-hydrogen) atoms. The van der Waals surface area contributed by atoms with Gasteiger partial charge >= 0.3 is 0 Å². The van der Waals surface area contributed by atoms with Crippen LogP contribution in [0, 0.1) is 0 Å². The number of aromatic hydroxyl groups is 2. The average molecular weight is 297 g/mol. The van der Waals surface area contributed by atoms with Crippen LogP contribution < -0.4 is 0 Å².